The van der Waals surface area contributed by atoms with Gasteiger partial charge in [0.2, 0.25) is 5.91 Å². The molecule has 2 amide bonds. The third-order valence-electron chi connectivity index (χ3n) is 5.91. The van der Waals surface area contributed by atoms with Gasteiger partial charge in [-0.25, -0.2) is 4.79 Å². The van der Waals surface area contributed by atoms with Crippen LogP contribution in [-0.2, 0) is 14.3 Å². The Labute approximate surface area is 174 Å². The van der Waals surface area contributed by atoms with Crippen LogP contribution in [0.2, 0.25) is 0 Å². The van der Waals surface area contributed by atoms with Gasteiger partial charge in [0.15, 0.2) is 0 Å². The van der Waals surface area contributed by atoms with E-state index in [1.165, 1.54) is 0 Å². The lowest BCUT2D eigenvalue weighted by Crippen LogP contribution is -2.45. The number of hydrogen-bond acceptors (Lipinski definition) is 4. The summed E-state index contributed by atoms with van der Waals surface area (Å²) in [6.07, 6.45) is 1.51. The van der Waals surface area contributed by atoms with E-state index >= 15 is 0 Å². The van der Waals surface area contributed by atoms with E-state index in [0.717, 1.165) is 28.7 Å². The largest absolute Gasteiger partial charge is 0.480 e. The average Bonchev–Trinajstić information content (AvgIpc) is 3.33. The van der Waals surface area contributed by atoms with E-state index in [1.54, 1.807) is 0 Å². The number of fused-ring (bicyclic) bond motifs is 3. The van der Waals surface area contributed by atoms with Crippen LogP contribution in [0.15, 0.2) is 48.5 Å². The molecule has 0 heterocycles. The summed E-state index contributed by atoms with van der Waals surface area (Å²) in [5.74, 6) is -1.91. The van der Waals surface area contributed by atoms with E-state index in [9.17, 15) is 14.4 Å². The van der Waals surface area contributed by atoms with Crippen molar-refractivity contribution in [3.63, 3.8) is 0 Å². The highest BCUT2D eigenvalue weighted by atomic mass is 16.5. The van der Waals surface area contributed by atoms with Crippen LogP contribution in [0.1, 0.15) is 36.3 Å². The first-order valence-electron chi connectivity index (χ1n) is 10.2. The van der Waals surface area contributed by atoms with Crippen molar-refractivity contribution in [2.24, 2.45) is 5.92 Å². The number of ether oxygens (including phenoxy) is 1. The van der Waals surface area contributed by atoms with Crippen LogP contribution in [0.25, 0.3) is 11.1 Å². The monoisotopic (exact) mass is 408 g/mol. The summed E-state index contributed by atoms with van der Waals surface area (Å²) in [6.45, 7) is -0.213. The summed E-state index contributed by atoms with van der Waals surface area (Å²) >= 11 is 0. The van der Waals surface area contributed by atoms with Gasteiger partial charge in [0, 0.05) is 12.0 Å². The van der Waals surface area contributed by atoms with Gasteiger partial charge in [0.05, 0.1) is 5.92 Å². The fraction of sp³-hybridized carbons (Fsp3) is 0.348. The second-order valence-electron chi connectivity index (χ2n) is 7.73. The van der Waals surface area contributed by atoms with Gasteiger partial charge < -0.3 is 20.5 Å². The Balaban J connectivity index is 1.37. The molecule has 156 valence electrons. The summed E-state index contributed by atoms with van der Waals surface area (Å²) in [4.78, 5) is 35.3. The van der Waals surface area contributed by atoms with Gasteiger partial charge in [-0.05, 0) is 35.1 Å². The number of alkyl carbamates (subject to hydrolysis) is 1. The van der Waals surface area contributed by atoms with Crippen LogP contribution < -0.4 is 10.6 Å². The first kappa shape index (κ1) is 19.9. The van der Waals surface area contributed by atoms with Gasteiger partial charge in [-0.3, -0.25) is 9.59 Å². The van der Waals surface area contributed by atoms with Crippen molar-refractivity contribution in [1.82, 2.24) is 10.6 Å². The van der Waals surface area contributed by atoms with E-state index in [0.29, 0.717) is 12.8 Å². The maximum absolute atomic E-state index is 12.5. The zero-order valence-electron chi connectivity index (χ0n) is 16.5. The lowest BCUT2D eigenvalue weighted by atomic mass is 9.98. The Bertz CT molecular complexity index is 928. The van der Waals surface area contributed by atoms with Crippen LogP contribution in [0.4, 0.5) is 4.79 Å². The standard InChI is InChI=1S/C23H24N2O5/c26-21(27)12-24-22(28)18-10-5-11-20(18)25-23(29)30-13-19-16-8-3-1-6-14(16)15-7-2-4-9-17(15)19/h1-4,6-9,18-20H,5,10-13H2,(H,24,28)(H,25,29)(H,26,27)/t18-,20+/m0/s1. The fourth-order valence-electron chi connectivity index (χ4n) is 4.53. The zero-order chi connectivity index (χ0) is 21.1. The average molecular weight is 408 g/mol. The molecule has 4 rings (SSSR count). The molecule has 0 spiro atoms. The van der Waals surface area contributed by atoms with E-state index < -0.39 is 24.5 Å². The number of aliphatic carboxylic acids is 1. The number of rotatable bonds is 6. The SMILES string of the molecule is O=C(O)CNC(=O)[C@H]1CCC[C@H]1NC(=O)OCC1c2ccccc2-c2ccccc21. The molecule has 7 heteroatoms. The molecule has 0 radical (unpaired) electrons. The zero-order valence-corrected chi connectivity index (χ0v) is 16.5. The molecule has 0 bridgehead atoms. The number of carboxylic acids is 1. The Hall–Kier alpha value is -3.35. The highest BCUT2D eigenvalue weighted by Gasteiger charge is 2.35. The Morgan fingerprint density at radius 1 is 0.967 bits per heavy atom. The normalized spacial score (nSPS) is 19.6. The van der Waals surface area contributed by atoms with Crippen LogP contribution in [0.5, 0.6) is 0 Å². The first-order valence-corrected chi connectivity index (χ1v) is 10.2. The molecule has 3 N–H and O–H groups in total. The number of nitrogens with one attached hydrogen (secondary N) is 2. The summed E-state index contributed by atoms with van der Waals surface area (Å²) in [7, 11) is 0. The summed E-state index contributed by atoms with van der Waals surface area (Å²) < 4.78 is 5.55. The number of carboxylic acid groups (broad SMARTS) is 1. The first-order chi connectivity index (χ1) is 14.5. The van der Waals surface area contributed by atoms with Crippen molar-refractivity contribution in [1.29, 1.82) is 0 Å². The maximum Gasteiger partial charge on any atom is 0.407 e. The minimum Gasteiger partial charge on any atom is -0.480 e. The number of carbonyl (C=O) groups is 3. The molecular weight excluding hydrogens is 384 g/mol. The molecule has 2 aromatic rings. The van der Waals surface area contributed by atoms with Crippen LogP contribution in [0, 0.1) is 5.92 Å². The summed E-state index contributed by atoms with van der Waals surface area (Å²) in [5.41, 5.74) is 4.60. The van der Waals surface area contributed by atoms with Crippen molar-refractivity contribution in [2.75, 3.05) is 13.2 Å². The summed E-state index contributed by atoms with van der Waals surface area (Å²) in [5, 5.41) is 13.9. The molecule has 0 aliphatic heterocycles. The van der Waals surface area contributed by atoms with E-state index in [-0.39, 0.29) is 24.5 Å². The smallest absolute Gasteiger partial charge is 0.407 e. The van der Waals surface area contributed by atoms with Crippen molar-refractivity contribution in [2.45, 2.75) is 31.2 Å². The molecular formula is C23H24N2O5. The minimum absolute atomic E-state index is 0.0265. The Morgan fingerprint density at radius 3 is 2.23 bits per heavy atom. The van der Waals surface area contributed by atoms with E-state index in [4.69, 9.17) is 9.84 Å². The van der Waals surface area contributed by atoms with Crippen molar-refractivity contribution in [3.8, 4) is 11.1 Å². The van der Waals surface area contributed by atoms with Gasteiger partial charge in [-0.2, -0.15) is 0 Å². The quantitative estimate of drug-likeness (QED) is 0.682. The molecule has 0 unspecified atom stereocenters. The predicted octanol–water partition coefficient (Wildman–Crippen LogP) is 2.89. The topological polar surface area (TPSA) is 105 Å². The van der Waals surface area contributed by atoms with Crippen LogP contribution in [0.3, 0.4) is 0 Å². The summed E-state index contributed by atoms with van der Waals surface area (Å²) in [6, 6.07) is 15.9. The van der Waals surface area contributed by atoms with Crippen LogP contribution >= 0.6 is 0 Å². The molecule has 0 aromatic heterocycles. The third-order valence-corrected chi connectivity index (χ3v) is 5.91. The lowest BCUT2D eigenvalue weighted by Gasteiger charge is -2.21. The fourth-order valence-corrected chi connectivity index (χ4v) is 4.53. The highest BCUT2D eigenvalue weighted by Crippen LogP contribution is 2.44. The van der Waals surface area contributed by atoms with Crippen molar-refractivity contribution in [3.05, 3.63) is 59.7 Å². The number of amides is 2. The molecule has 0 saturated heterocycles. The molecule has 7 nitrogen and oxygen atoms in total. The Kier molecular flexibility index (Phi) is 5.70. The molecule has 2 aromatic carbocycles. The molecule has 2 aliphatic carbocycles. The predicted molar refractivity (Wildman–Crippen MR) is 110 cm³/mol. The van der Waals surface area contributed by atoms with Gasteiger partial charge in [-0.15, -0.1) is 0 Å². The van der Waals surface area contributed by atoms with E-state index in [2.05, 4.69) is 34.9 Å². The van der Waals surface area contributed by atoms with Crippen molar-refractivity contribution >= 4 is 18.0 Å². The number of benzene rings is 2. The van der Waals surface area contributed by atoms with E-state index in [1.807, 2.05) is 24.3 Å². The lowest BCUT2D eigenvalue weighted by molar-refractivity contribution is -0.138. The molecule has 2 aliphatic rings. The third kappa shape index (κ3) is 4.01. The van der Waals surface area contributed by atoms with Gasteiger partial charge in [0.25, 0.3) is 0 Å². The number of hydrogen-bond donors (Lipinski definition) is 3. The highest BCUT2D eigenvalue weighted by molar-refractivity contribution is 5.84. The molecule has 30 heavy (non-hydrogen) atoms. The minimum atomic E-state index is -1.10. The maximum atomic E-state index is 12.5. The molecule has 1 fully saturated rings. The molecule has 1 saturated carbocycles. The van der Waals surface area contributed by atoms with Crippen molar-refractivity contribution < 1.29 is 24.2 Å². The van der Waals surface area contributed by atoms with Gasteiger partial charge in [0.1, 0.15) is 13.2 Å². The second kappa shape index (κ2) is 8.57. The van der Waals surface area contributed by atoms with Gasteiger partial charge >= 0.3 is 12.1 Å². The Morgan fingerprint density at radius 2 is 1.60 bits per heavy atom. The van der Waals surface area contributed by atoms with Gasteiger partial charge in [-0.1, -0.05) is 55.0 Å². The number of carbonyl (C=O) groups excluding carboxylic acids is 2. The van der Waals surface area contributed by atoms with Crippen LogP contribution in [-0.4, -0.2) is 42.3 Å². The molecule has 2 atom stereocenters. The second-order valence-corrected chi connectivity index (χ2v) is 7.73.